The molecule has 6 rings (SSSR count). The maximum Gasteiger partial charge on any atom is 0.434 e. The molecule has 2 aliphatic rings. The van der Waals surface area contributed by atoms with Gasteiger partial charge in [0.15, 0.2) is 11.5 Å². The van der Waals surface area contributed by atoms with Crippen LogP contribution in [-0.2, 0) is 26.3 Å². The molecule has 4 aromatic rings. The molecule has 40 heavy (non-hydrogen) atoms. The van der Waals surface area contributed by atoms with Crippen LogP contribution in [0.15, 0.2) is 43.0 Å². The van der Waals surface area contributed by atoms with Crippen LogP contribution in [0.3, 0.4) is 0 Å². The standard InChI is InChI=1S/C26H27F3N10O/c1-38-12-18(26(27,28)29)35-22(38)16-5-3-14(4-6-16)11-39-23-17(10-32-25(39)37-30)9-31-21(36-23)19-20(15-7-8-15)33-13-34-24(19)40-2/h3-6,9,12-13,15,25,32,37H,7-8,10-11,30H2,1-2H3. The van der Waals surface area contributed by atoms with E-state index < -0.39 is 18.2 Å². The topological polar surface area (TPSA) is 132 Å². The lowest BCUT2D eigenvalue weighted by molar-refractivity contribution is -0.140. The Bertz CT molecular complexity index is 1530. The van der Waals surface area contributed by atoms with E-state index >= 15 is 0 Å². The molecule has 1 fully saturated rings. The first-order valence-corrected chi connectivity index (χ1v) is 12.7. The number of methoxy groups -OCH3 is 1. The van der Waals surface area contributed by atoms with Gasteiger partial charge in [-0.2, -0.15) is 13.2 Å². The predicted molar refractivity (Wildman–Crippen MR) is 139 cm³/mol. The summed E-state index contributed by atoms with van der Waals surface area (Å²) < 4.78 is 46.3. The number of alkyl halides is 3. The molecule has 1 saturated carbocycles. The van der Waals surface area contributed by atoms with Gasteiger partial charge in [-0.15, -0.1) is 0 Å². The van der Waals surface area contributed by atoms with E-state index in [0.29, 0.717) is 47.7 Å². The minimum atomic E-state index is -4.51. The number of benzene rings is 1. The third-order valence-electron chi connectivity index (χ3n) is 7.02. The third-order valence-corrected chi connectivity index (χ3v) is 7.02. The van der Waals surface area contributed by atoms with Crippen molar-refractivity contribution in [3.05, 3.63) is 65.5 Å². The average molecular weight is 553 g/mol. The number of aryl methyl sites for hydroxylation is 1. The Morgan fingerprint density at radius 3 is 2.55 bits per heavy atom. The van der Waals surface area contributed by atoms with E-state index in [1.807, 2.05) is 17.0 Å². The zero-order valence-corrected chi connectivity index (χ0v) is 21.8. The largest absolute Gasteiger partial charge is 0.480 e. The first-order valence-electron chi connectivity index (χ1n) is 12.7. The Morgan fingerprint density at radius 2 is 1.90 bits per heavy atom. The normalized spacial score (nSPS) is 17.1. The molecule has 1 aliphatic carbocycles. The van der Waals surface area contributed by atoms with Crippen molar-refractivity contribution >= 4 is 5.82 Å². The number of hydrogen-bond acceptors (Lipinski definition) is 10. The highest BCUT2D eigenvalue weighted by Crippen LogP contribution is 2.45. The number of rotatable bonds is 7. The second kappa shape index (κ2) is 10.1. The molecule has 1 atom stereocenters. The van der Waals surface area contributed by atoms with Gasteiger partial charge in [-0.1, -0.05) is 24.3 Å². The van der Waals surface area contributed by atoms with Gasteiger partial charge in [0.1, 0.15) is 29.8 Å². The molecule has 0 radical (unpaired) electrons. The number of anilines is 1. The minimum Gasteiger partial charge on any atom is -0.480 e. The van der Waals surface area contributed by atoms with E-state index in [0.717, 1.165) is 35.9 Å². The molecule has 3 aromatic heterocycles. The summed E-state index contributed by atoms with van der Waals surface area (Å²) in [6.07, 6.45) is 1.39. The number of fused-ring (bicyclic) bond motifs is 1. The first-order chi connectivity index (χ1) is 19.3. The van der Waals surface area contributed by atoms with Gasteiger partial charge in [0.2, 0.25) is 5.88 Å². The Balaban J connectivity index is 1.33. The Labute approximate surface area is 227 Å². The van der Waals surface area contributed by atoms with E-state index in [4.69, 9.17) is 15.6 Å². The molecule has 0 bridgehead atoms. The minimum absolute atomic E-state index is 0.230. The molecule has 0 amide bonds. The van der Waals surface area contributed by atoms with Gasteiger partial charge in [0.25, 0.3) is 0 Å². The van der Waals surface area contributed by atoms with Crippen molar-refractivity contribution in [2.45, 2.75) is 44.3 Å². The number of hydrogen-bond donors (Lipinski definition) is 3. The van der Waals surface area contributed by atoms with Crippen molar-refractivity contribution in [2.24, 2.45) is 12.9 Å². The van der Waals surface area contributed by atoms with E-state index in [1.54, 1.807) is 25.4 Å². The van der Waals surface area contributed by atoms with Crippen molar-refractivity contribution in [3.8, 4) is 28.7 Å². The second-order valence-electron chi connectivity index (χ2n) is 9.79. The zero-order chi connectivity index (χ0) is 28.0. The molecule has 4 heterocycles. The van der Waals surface area contributed by atoms with Crippen LogP contribution in [0.2, 0.25) is 0 Å². The maximum atomic E-state index is 13.1. The van der Waals surface area contributed by atoms with Crippen LogP contribution in [0.1, 0.15) is 41.3 Å². The number of imidazole rings is 1. The molecule has 11 nitrogen and oxygen atoms in total. The SMILES string of the molecule is COc1ncnc(C2CC2)c1-c1ncc2c(n1)N(Cc1ccc(-c3nc(C(F)(F)F)cn3C)cc1)C(NN)NC2. The molecule has 14 heteroatoms. The predicted octanol–water partition coefficient (Wildman–Crippen LogP) is 3.10. The summed E-state index contributed by atoms with van der Waals surface area (Å²) in [7, 11) is 3.10. The van der Waals surface area contributed by atoms with Crippen LogP contribution in [0, 0.1) is 0 Å². The second-order valence-corrected chi connectivity index (χ2v) is 9.79. The fourth-order valence-electron chi connectivity index (χ4n) is 4.89. The van der Waals surface area contributed by atoms with E-state index in [-0.39, 0.29) is 5.82 Å². The summed E-state index contributed by atoms with van der Waals surface area (Å²) in [5.74, 6) is 8.01. The van der Waals surface area contributed by atoms with Gasteiger partial charge in [0, 0.05) is 49.6 Å². The number of nitrogens with zero attached hydrogens (tertiary/aromatic N) is 7. The van der Waals surface area contributed by atoms with Crippen molar-refractivity contribution in [1.82, 2.24) is 40.2 Å². The van der Waals surface area contributed by atoms with Crippen LogP contribution >= 0.6 is 0 Å². The van der Waals surface area contributed by atoms with Crippen LogP contribution < -0.4 is 26.2 Å². The quantitative estimate of drug-likeness (QED) is 0.232. The summed E-state index contributed by atoms with van der Waals surface area (Å²) in [6.45, 7) is 0.899. The summed E-state index contributed by atoms with van der Waals surface area (Å²) in [5.41, 5.74) is 5.75. The van der Waals surface area contributed by atoms with Gasteiger partial charge < -0.3 is 14.2 Å². The fraction of sp³-hybridized carbons (Fsp3) is 0.346. The van der Waals surface area contributed by atoms with Crippen molar-refractivity contribution < 1.29 is 17.9 Å². The van der Waals surface area contributed by atoms with Crippen LogP contribution in [-0.4, -0.2) is 42.9 Å². The van der Waals surface area contributed by atoms with Gasteiger partial charge in [-0.3, -0.25) is 11.2 Å². The van der Waals surface area contributed by atoms with Crippen LogP contribution in [0.4, 0.5) is 19.0 Å². The number of nitrogens with one attached hydrogen (secondary N) is 2. The Kier molecular flexibility index (Phi) is 6.60. The molecule has 4 N–H and O–H groups in total. The molecule has 1 aromatic carbocycles. The highest BCUT2D eigenvalue weighted by atomic mass is 19.4. The summed E-state index contributed by atoms with van der Waals surface area (Å²) in [6, 6.07) is 7.20. The molecule has 0 spiro atoms. The smallest absolute Gasteiger partial charge is 0.434 e. The van der Waals surface area contributed by atoms with Gasteiger partial charge >= 0.3 is 6.18 Å². The number of aromatic nitrogens is 6. The monoisotopic (exact) mass is 552 g/mol. The Morgan fingerprint density at radius 1 is 1.12 bits per heavy atom. The maximum absolute atomic E-state index is 13.1. The molecule has 1 aliphatic heterocycles. The summed E-state index contributed by atoms with van der Waals surface area (Å²) in [5, 5.41) is 3.32. The van der Waals surface area contributed by atoms with E-state index in [9.17, 15) is 13.2 Å². The molecular formula is C26H27F3N10O. The van der Waals surface area contributed by atoms with Gasteiger partial charge in [-0.05, 0) is 18.4 Å². The number of halogens is 3. The highest BCUT2D eigenvalue weighted by molar-refractivity contribution is 5.68. The van der Waals surface area contributed by atoms with Crippen molar-refractivity contribution in [1.29, 1.82) is 0 Å². The highest BCUT2D eigenvalue weighted by Gasteiger charge is 2.35. The van der Waals surface area contributed by atoms with Crippen molar-refractivity contribution in [3.63, 3.8) is 0 Å². The molecule has 208 valence electrons. The lowest BCUT2D eigenvalue weighted by Crippen LogP contribution is -2.59. The molecular weight excluding hydrogens is 525 g/mol. The first kappa shape index (κ1) is 26.1. The molecule has 1 unspecified atom stereocenters. The summed E-state index contributed by atoms with van der Waals surface area (Å²) >= 11 is 0. The lowest BCUT2D eigenvalue weighted by Gasteiger charge is -2.38. The molecule has 0 saturated heterocycles. The van der Waals surface area contributed by atoms with E-state index in [2.05, 4.69) is 30.7 Å². The number of ether oxygens (including phenoxy) is 1. The summed E-state index contributed by atoms with van der Waals surface area (Å²) in [4.78, 5) is 24.1. The number of hydrazine groups is 1. The fourth-order valence-corrected chi connectivity index (χ4v) is 4.89. The van der Waals surface area contributed by atoms with Gasteiger partial charge in [-0.25, -0.2) is 30.3 Å². The van der Waals surface area contributed by atoms with Gasteiger partial charge in [0.05, 0.1) is 12.8 Å². The Hall–Kier alpha value is -4.14. The average Bonchev–Trinajstić information content (AvgIpc) is 3.73. The van der Waals surface area contributed by atoms with Crippen molar-refractivity contribution in [2.75, 3.05) is 12.0 Å². The van der Waals surface area contributed by atoms with E-state index in [1.165, 1.54) is 17.9 Å². The van der Waals surface area contributed by atoms with Crippen LogP contribution in [0.5, 0.6) is 5.88 Å². The lowest BCUT2D eigenvalue weighted by atomic mass is 10.1. The zero-order valence-electron chi connectivity index (χ0n) is 21.8. The third kappa shape index (κ3) is 4.85. The number of nitrogens with two attached hydrogens (primary N) is 1. The van der Waals surface area contributed by atoms with Crippen LogP contribution in [0.25, 0.3) is 22.8 Å².